The average Bonchev–Trinajstić information content (AvgIpc) is 3.19. The Kier molecular flexibility index (Phi) is 3.72. The number of imidazole rings is 1. The number of fused-ring (bicyclic) bond motifs is 1. The highest BCUT2D eigenvalue weighted by molar-refractivity contribution is 5.80. The minimum Gasteiger partial charge on any atom is -0.339 e. The zero-order chi connectivity index (χ0) is 17.4. The summed E-state index contributed by atoms with van der Waals surface area (Å²) < 4.78 is 7.07. The van der Waals surface area contributed by atoms with Gasteiger partial charge in [0.1, 0.15) is 0 Å². The molecular formula is C19H18N4O2. The Morgan fingerprint density at radius 1 is 1.16 bits per heavy atom. The second-order valence-corrected chi connectivity index (χ2v) is 6.08. The number of hydrogen-bond donors (Lipinski definition) is 1. The summed E-state index contributed by atoms with van der Waals surface area (Å²) in [4.78, 5) is 19.2. The maximum atomic E-state index is 11.9. The van der Waals surface area contributed by atoms with Gasteiger partial charge in [-0.2, -0.15) is 4.98 Å². The standard InChI is InChI=1S/C19H18N4O2/c1-3-23-16-9-8-14(11-15(16)20-19(23)24)18-21-17(25-22-18)10-13-6-4-12(2)5-7-13/h4-9,11H,3,10H2,1-2H3,(H,20,24). The number of H-pyrrole nitrogens is 1. The molecule has 0 amide bonds. The van der Waals surface area contributed by atoms with Gasteiger partial charge in [-0.05, 0) is 37.6 Å². The Labute approximate surface area is 144 Å². The summed E-state index contributed by atoms with van der Waals surface area (Å²) in [6.45, 7) is 4.63. The minimum absolute atomic E-state index is 0.108. The molecule has 2 aromatic heterocycles. The zero-order valence-electron chi connectivity index (χ0n) is 14.1. The molecule has 2 aromatic carbocycles. The van der Waals surface area contributed by atoms with Crippen molar-refractivity contribution in [3.63, 3.8) is 0 Å². The van der Waals surface area contributed by atoms with Gasteiger partial charge in [-0.3, -0.25) is 4.57 Å². The Morgan fingerprint density at radius 3 is 2.72 bits per heavy atom. The molecule has 0 aliphatic heterocycles. The summed E-state index contributed by atoms with van der Waals surface area (Å²) >= 11 is 0. The summed E-state index contributed by atoms with van der Waals surface area (Å²) in [6, 6.07) is 13.9. The zero-order valence-corrected chi connectivity index (χ0v) is 14.1. The van der Waals surface area contributed by atoms with Crippen LogP contribution in [0.15, 0.2) is 51.8 Å². The molecule has 0 bridgehead atoms. The molecule has 0 fully saturated rings. The molecular weight excluding hydrogens is 316 g/mol. The van der Waals surface area contributed by atoms with Crippen LogP contribution >= 0.6 is 0 Å². The molecule has 25 heavy (non-hydrogen) atoms. The molecule has 0 spiro atoms. The average molecular weight is 334 g/mol. The lowest BCUT2D eigenvalue weighted by atomic mass is 10.1. The lowest BCUT2D eigenvalue weighted by Gasteiger charge is -1.99. The number of hydrogen-bond acceptors (Lipinski definition) is 4. The van der Waals surface area contributed by atoms with Crippen molar-refractivity contribution in [1.82, 2.24) is 19.7 Å². The van der Waals surface area contributed by atoms with Crippen LogP contribution in [0.3, 0.4) is 0 Å². The number of aromatic amines is 1. The van der Waals surface area contributed by atoms with Gasteiger partial charge in [-0.25, -0.2) is 4.79 Å². The van der Waals surface area contributed by atoms with E-state index in [4.69, 9.17) is 4.52 Å². The third kappa shape index (κ3) is 2.87. The van der Waals surface area contributed by atoms with Crippen molar-refractivity contribution < 1.29 is 4.52 Å². The van der Waals surface area contributed by atoms with Gasteiger partial charge in [0.15, 0.2) is 0 Å². The van der Waals surface area contributed by atoms with Crippen LogP contribution in [0.5, 0.6) is 0 Å². The fourth-order valence-electron chi connectivity index (χ4n) is 2.94. The quantitative estimate of drug-likeness (QED) is 0.621. The summed E-state index contributed by atoms with van der Waals surface area (Å²) in [5.41, 5.74) is 4.70. The van der Waals surface area contributed by atoms with Gasteiger partial charge in [-0.1, -0.05) is 35.0 Å². The van der Waals surface area contributed by atoms with Crippen LogP contribution in [0.1, 0.15) is 23.9 Å². The highest BCUT2D eigenvalue weighted by Crippen LogP contribution is 2.21. The van der Waals surface area contributed by atoms with Gasteiger partial charge >= 0.3 is 5.69 Å². The Hall–Kier alpha value is -3.15. The summed E-state index contributed by atoms with van der Waals surface area (Å²) in [7, 11) is 0. The molecule has 0 saturated carbocycles. The Morgan fingerprint density at radius 2 is 1.96 bits per heavy atom. The largest absolute Gasteiger partial charge is 0.339 e. The van der Waals surface area contributed by atoms with Gasteiger partial charge < -0.3 is 9.51 Å². The van der Waals surface area contributed by atoms with E-state index in [1.54, 1.807) is 4.57 Å². The molecule has 2 heterocycles. The van der Waals surface area contributed by atoms with E-state index in [9.17, 15) is 4.79 Å². The van der Waals surface area contributed by atoms with E-state index in [1.807, 2.05) is 25.1 Å². The highest BCUT2D eigenvalue weighted by Gasteiger charge is 2.12. The molecule has 1 N–H and O–H groups in total. The maximum absolute atomic E-state index is 11.9. The van der Waals surface area contributed by atoms with Gasteiger partial charge in [0.25, 0.3) is 0 Å². The van der Waals surface area contributed by atoms with Crippen molar-refractivity contribution in [1.29, 1.82) is 0 Å². The van der Waals surface area contributed by atoms with Crippen molar-refractivity contribution in [2.24, 2.45) is 0 Å². The van der Waals surface area contributed by atoms with Gasteiger partial charge in [0, 0.05) is 12.1 Å². The fraction of sp³-hybridized carbons (Fsp3) is 0.211. The first-order chi connectivity index (χ1) is 12.1. The Bertz CT molecular complexity index is 1090. The summed E-state index contributed by atoms with van der Waals surface area (Å²) in [5, 5.41) is 4.07. The number of benzene rings is 2. The van der Waals surface area contributed by atoms with E-state index in [0.717, 1.165) is 22.2 Å². The van der Waals surface area contributed by atoms with Gasteiger partial charge in [0.05, 0.1) is 17.5 Å². The first kappa shape index (κ1) is 15.4. The van der Waals surface area contributed by atoms with E-state index in [-0.39, 0.29) is 5.69 Å². The smallest absolute Gasteiger partial charge is 0.326 e. The lowest BCUT2D eigenvalue weighted by molar-refractivity contribution is 0.385. The molecule has 0 aliphatic rings. The van der Waals surface area contributed by atoms with Gasteiger partial charge in [0.2, 0.25) is 11.7 Å². The number of nitrogens with one attached hydrogen (secondary N) is 1. The number of aromatic nitrogens is 4. The number of aryl methyl sites for hydroxylation is 2. The molecule has 0 saturated heterocycles. The molecule has 4 rings (SSSR count). The van der Waals surface area contributed by atoms with Crippen LogP contribution in [0.4, 0.5) is 0 Å². The van der Waals surface area contributed by atoms with E-state index in [0.29, 0.717) is 24.7 Å². The topological polar surface area (TPSA) is 76.7 Å². The van der Waals surface area contributed by atoms with E-state index in [2.05, 4.69) is 46.3 Å². The molecule has 0 unspecified atom stereocenters. The predicted octanol–water partition coefficient (Wildman–Crippen LogP) is 3.30. The molecule has 0 atom stereocenters. The van der Waals surface area contributed by atoms with Crippen LogP contribution in [-0.4, -0.2) is 19.7 Å². The first-order valence-electron chi connectivity index (χ1n) is 8.25. The fourth-order valence-corrected chi connectivity index (χ4v) is 2.94. The predicted molar refractivity (Wildman–Crippen MR) is 95.5 cm³/mol. The van der Waals surface area contributed by atoms with Crippen LogP contribution in [0.2, 0.25) is 0 Å². The van der Waals surface area contributed by atoms with Crippen LogP contribution < -0.4 is 5.69 Å². The summed E-state index contributed by atoms with van der Waals surface area (Å²) in [5.74, 6) is 1.09. The SMILES string of the molecule is CCn1c(=O)[nH]c2cc(-c3noc(Cc4ccc(C)cc4)n3)ccc21. The van der Waals surface area contributed by atoms with Crippen LogP contribution in [0, 0.1) is 6.92 Å². The minimum atomic E-state index is -0.108. The van der Waals surface area contributed by atoms with Crippen molar-refractivity contribution in [2.75, 3.05) is 0 Å². The third-order valence-corrected chi connectivity index (χ3v) is 4.29. The monoisotopic (exact) mass is 334 g/mol. The molecule has 126 valence electrons. The normalized spacial score (nSPS) is 11.3. The summed E-state index contributed by atoms with van der Waals surface area (Å²) in [6.07, 6.45) is 0.596. The third-order valence-electron chi connectivity index (χ3n) is 4.29. The van der Waals surface area contributed by atoms with Crippen molar-refractivity contribution in [2.45, 2.75) is 26.8 Å². The maximum Gasteiger partial charge on any atom is 0.326 e. The molecule has 4 aromatic rings. The van der Waals surface area contributed by atoms with Gasteiger partial charge in [-0.15, -0.1) is 0 Å². The lowest BCUT2D eigenvalue weighted by Crippen LogP contribution is -2.14. The molecule has 0 aliphatic carbocycles. The van der Waals surface area contributed by atoms with Crippen molar-refractivity contribution in [3.8, 4) is 11.4 Å². The number of rotatable bonds is 4. The number of nitrogens with zero attached hydrogens (tertiary/aromatic N) is 3. The van der Waals surface area contributed by atoms with Crippen molar-refractivity contribution >= 4 is 11.0 Å². The first-order valence-corrected chi connectivity index (χ1v) is 8.25. The second kappa shape index (κ2) is 6.05. The van der Waals surface area contributed by atoms with E-state index < -0.39 is 0 Å². The van der Waals surface area contributed by atoms with Crippen LogP contribution in [0.25, 0.3) is 22.4 Å². The van der Waals surface area contributed by atoms with Crippen molar-refractivity contribution in [3.05, 3.63) is 70.0 Å². The van der Waals surface area contributed by atoms with E-state index in [1.165, 1.54) is 5.56 Å². The second-order valence-electron chi connectivity index (χ2n) is 6.08. The Balaban J connectivity index is 1.64. The van der Waals surface area contributed by atoms with E-state index >= 15 is 0 Å². The molecule has 6 nitrogen and oxygen atoms in total. The highest BCUT2D eigenvalue weighted by atomic mass is 16.5. The molecule has 6 heteroatoms. The molecule has 0 radical (unpaired) electrons. The van der Waals surface area contributed by atoms with Crippen LogP contribution in [-0.2, 0) is 13.0 Å².